The minimum Gasteiger partial charge on any atom is -0.488 e. The van der Waals surface area contributed by atoms with Crippen LogP contribution in [0.2, 0.25) is 0 Å². The Balaban J connectivity index is 1.25. The summed E-state index contributed by atoms with van der Waals surface area (Å²) >= 11 is 0. The van der Waals surface area contributed by atoms with E-state index in [9.17, 15) is 27.6 Å². The molecule has 2 aliphatic heterocycles. The number of nitrogens with zero attached hydrogens (tertiary/aromatic N) is 2. The van der Waals surface area contributed by atoms with E-state index in [4.69, 9.17) is 9.72 Å². The molecule has 0 spiro atoms. The number of fused-ring (bicyclic) bond motifs is 3. The highest BCUT2D eigenvalue weighted by molar-refractivity contribution is 7.91. The average molecular weight is 769 g/mol. The Hall–Kier alpha value is -5.24. The first kappa shape index (κ1) is 38.1. The molecule has 3 aromatic rings. The van der Waals surface area contributed by atoms with E-state index >= 15 is 0 Å². The van der Waals surface area contributed by atoms with Crippen molar-refractivity contribution in [2.24, 2.45) is 5.92 Å². The summed E-state index contributed by atoms with van der Waals surface area (Å²) in [4.78, 5) is 61.9. The minimum absolute atomic E-state index is 0.0209. The van der Waals surface area contributed by atoms with Gasteiger partial charge in [-0.1, -0.05) is 74.4 Å². The third-order valence-electron chi connectivity index (χ3n) is 10.8. The predicted molar refractivity (Wildman–Crippen MR) is 209 cm³/mol. The smallest absolute Gasteiger partial charge is 0.315 e. The first-order valence-electron chi connectivity index (χ1n) is 19.2. The number of benzene rings is 2. The monoisotopic (exact) mass is 768 g/mol. The maximum absolute atomic E-state index is 14.5. The van der Waals surface area contributed by atoms with Gasteiger partial charge in [0.2, 0.25) is 21.8 Å². The van der Waals surface area contributed by atoms with Gasteiger partial charge in [-0.15, -0.1) is 6.58 Å². The van der Waals surface area contributed by atoms with Crippen molar-refractivity contribution in [3.63, 3.8) is 0 Å². The van der Waals surface area contributed by atoms with E-state index in [2.05, 4.69) is 27.3 Å². The number of urea groups is 1. The van der Waals surface area contributed by atoms with Gasteiger partial charge in [-0.3, -0.25) is 19.1 Å². The number of pyridine rings is 1. The van der Waals surface area contributed by atoms with E-state index in [1.165, 1.54) is 11.0 Å². The van der Waals surface area contributed by atoms with Gasteiger partial charge in [0.1, 0.15) is 29.5 Å². The average Bonchev–Trinajstić information content (AvgIpc) is 4.11. The minimum atomic E-state index is -3.89. The maximum Gasteiger partial charge on any atom is 0.315 e. The number of aromatic nitrogens is 1. The summed E-state index contributed by atoms with van der Waals surface area (Å²) in [6.07, 6.45) is 9.28. The molecule has 3 heterocycles. The Kier molecular flexibility index (Phi) is 11.0. The quantitative estimate of drug-likeness (QED) is 0.217. The summed E-state index contributed by atoms with van der Waals surface area (Å²) in [5, 5.41) is 8.68. The Labute approximate surface area is 321 Å². The van der Waals surface area contributed by atoms with Gasteiger partial charge >= 0.3 is 6.03 Å². The Morgan fingerprint density at radius 1 is 1.13 bits per heavy atom. The normalized spacial score (nSPS) is 25.6. The molecule has 5 atom stereocenters. The number of nitrogens with one attached hydrogen (secondary N) is 4. The van der Waals surface area contributed by atoms with E-state index in [0.717, 1.165) is 29.4 Å². The standard InChI is InChI=1S/C41H48N6O7S/c1-3-5-15-33-38(49)47-25-29(22-35(47)37(48)45-41(24-28(41)4-2)39(50)46-55(52,53)30-17-18-30)54-36-23-34(27-13-9-6-10-14-27)43-32-19-16-26(21-31(32)36)12-8-7-11-20-42-40(51)44-33/h4,6,8-10,12-14,16,19,21,23,28-30,33,35H,2-3,5,7,11,15,17-18,20,22,24-25H2,1H3,(H,45,48)(H,46,50)(H2,42,44,51)/t28-,29-,33+,35+,41-/m1/s1. The van der Waals surface area contributed by atoms with E-state index < -0.39 is 68.7 Å². The van der Waals surface area contributed by atoms with Crippen LogP contribution in [-0.4, -0.2) is 84.1 Å². The number of sulfonamides is 1. The Bertz CT molecular complexity index is 2120. The number of allylic oxidation sites excluding steroid dienone is 1. The summed E-state index contributed by atoms with van der Waals surface area (Å²) in [5.74, 6) is -1.86. The number of carbonyl (C=O) groups is 4. The molecule has 2 saturated carbocycles. The molecule has 290 valence electrons. The van der Waals surface area contributed by atoms with Crippen LogP contribution >= 0.6 is 0 Å². The second-order valence-electron chi connectivity index (χ2n) is 15.0. The second kappa shape index (κ2) is 15.9. The SMILES string of the molecule is C=C[C@@H]1C[C@]1(NC(=O)[C@@H]1C[C@@H]2CN1C(=O)[C@H](CCCC)NC(=O)NCCCC=Cc1ccc3nc(-c4ccccc4)cc(c3c1)O2)C(=O)NS(=O)(=O)C1CC1. The van der Waals surface area contributed by atoms with E-state index in [1.54, 1.807) is 0 Å². The van der Waals surface area contributed by atoms with E-state index in [-0.39, 0.29) is 19.4 Å². The van der Waals surface area contributed by atoms with Crippen molar-refractivity contribution in [1.29, 1.82) is 0 Å². The fourth-order valence-corrected chi connectivity index (χ4v) is 8.82. The second-order valence-corrected chi connectivity index (χ2v) is 16.9. The molecule has 7 rings (SSSR count). The summed E-state index contributed by atoms with van der Waals surface area (Å²) < 4.78 is 34.5. The number of hydrogen-bond donors (Lipinski definition) is 4. The lowest BCUT2D eigenvalue weighted by Gasteiger charge is -2.30. The molecule has 13 nitrogen and oxygen atoms in total. The molecule has 4 aliphatic rings. The molecular formula is C41H48N6O7S. The predicted octanol–water partition coefficient (Wildman–Crippen LogP) is 4.58. The number of carbonyl (C=O) groups excluding carboxylic acids is 4. The molecular weight excluding hydrogens is 721 g/mol. The molecule has 5 amide bonds. The van der Waals surface area contributed by atoms with E-state index in [1.807, 2.05) is 73.7 Å². The van der Waals surface area contributed by atoms with Crippen molar-refractivity contribution in [3.05, 3.63) is 78.9 Å². The highest BCUT2D eigenvalue weighted by Gasteiger charge is 2.62. The van der Waals surface area contributed by atoms with Crippen molar-refractivity contribution in [2.45, 2.75) is 93.7 Å². The molecule has 1 saturated heterocycles. The van der Waals surface area contributed by atoms with Gasteiger partial charge < -0.3 is 25.6 Å². The topological polar surface area (TPSA) is 176 Å². The Morgan fingerprint density at radius 2 is 1.93 bits per heavy atom. The van der Waals surface area contributed by atoms with Crippen molar-refractivity contribution in [2.75, 3.05) is 13.1 Å². The lowest BCUT2D eigenvalue weighted by Crippen LogP contribution is -2.58. The van der Waals surface area contributed by atoms with Crippen LogP contribution in [0.1, 0.15) is 70.3 Å². The van der Waals surface area contributed by atoms with Gasteiger partial charge in [0.25, 0.3) is 5.91 Å². The molecule has 55 heavy (non-hydrogen) atoms. The van der Waals surface area contributed by atoms with Gasteiger partial charge in [-0.05, 0) is 56.2 Å². The van der Waals surface area contributed by atoms with Crippen LogP contribution in [0.25, 0.3) is 28.2 Å². The largest absolute Gasteiger partial charge is 0.488 e. The molecule has 2 aliphatic carbocycles. The van der Waals surface area contributed by atoms with Gasteiger partial charge in [-0.2, -0.15) is 0 Å². The zero-order valence-corrected chi connectivity index (χ0v) is 31.8. The van der Waals surface area contributed by atoms with Gasteiger partial charge in [0.05, 0.1) is 23.0 Å². The van der Waals surface area contributed by atoms with Crippen molar-refractivity contribution < 1.29 is 32.3 Å². The lowest BCUT2D eigenvalue weighted by molar-refractivity contribution is -0.141. The zero-order chi connectivity index (χ0) is 38.7. The van der Waals surface area contributed by atoms with Gasteiger partial charge in [-0.25, -0.2) is 18.2 Å². The third kappa shape index (κ3) is 8.38. The molecule has 1 aromatic heterocycles. The molecule has 14 heteroatoms. The number of ether oxygens (including phenoxy) is 1. The van der Waals surface area contributed by atoms with Crippen LogP contribution in [0.4, 0.5) is 4.79 Å². The van der Waals surface area contributed by atoms with Crippen LogP contribution in [-0.2, 0) is 24.4 Å². The van der Waals surface area contributed by atoms with Crippen LogP contribution in [0.5, 0.6) is 5.75 Å². The lowest BCUT2D eigenvalue weighted by atomic mass is 10.1. The summed E-state index contributed by atoms with van der Waals surface area (Å²) in [6, 6.07) is 15.0. The van der Waals surface area contributed by atoms with Crippen molar-refractivity contribution in [1.82, 2.24) is 30.6 Å². The van der Waals surface area contributed by atoms with E-state index in [0.29, 0.717) is 55.6 Å². The van der Waals surface area contributed by atoms with Crippen molar-refractivity contribution in [3.8, 4) is 17.0 Å². The van der Waals surface area contributed by atoms with Gasteiger partial charge in [0, 0.05) is 35.9 Å². The Morgan fingerprint density at radius 3 is 2.65 bits per heavy atom. The molecule has 3 fully saturated rings. The maximum atomic E-state index is 14.5. The molecule has 4 bridgehead atoms. The number of unbranched alkanes of at least 4 members (excludes halogenated alkanes) is 1. The van der Waals surface area contributed by atoms with Crippen LogP contribution in [0.3, 0.4) is 0 Å². The number of hydrogen-bond acceptors (Lipinski definition) is 8. The first-order valence-corrected chi connectivity index (χ1v) is 20.7. The number of amides is 5. The highest BCUT2D eigenvalue weighted by Crippen LogP contribution is 2.45. The van der Waals surface area contributed by atoms with Crippen LogP contribution < -0.4 is 25.4 Å². The zero-order valence-electron chi connectivity index (χ0n) is 31.0. The molecule has 0 unspecified atom stereocenters. The third-order valence-corrected chi connectivity index (χ3v) is 12.7. The fraction of sp³-hybridized carbons (Fsp3) is 0.439. The summed E-state index contributed by atoms with van der Waals surface area (Å²) in [7, 11) is -3.89. The molecule has 2 aromatic carbocycles. The van der Waals surface area contributed by atoms with Crippen LogP contribution in [0, 0.1) is 5.92 Å². The van der Waals surface area contributed by atoms with Crippen molar-refractivity contribution >= 4 is 50.8 Å². The van der Waals surface area contributed by atoms with Gasteiger partial charge in [0.15, 0.2) is 0 Å². The van der Waals surface area contributed by atoms with Crippen LogP contribution in [0.15, 0.2) is 73.3 Å². The molecule has 0 radical (unpaired) electrons. The first-order chi connectivity index (χ1) is 26.5. The number of rotatable bonds is 10. The highest BCUT2D eigenvalue weighted by atomic mass is 32.2. The summed E-state index contributed by atoms with van der Waals surface area (Å²) in [6.45, 7) is 6.21. The molecule has 4 N–H and O–H groups in total. The fourth-order valence-electron chi connectivity index (χ4n) is 7.46. The summed E-state index contributed by atoms with van der Waals surface area (Å²) in [5.41, 5.74) is 1.71.